The van der Waals surface area contributed by atoms with E-state index in [1.807, 2.05) is 18.2 Å². The van der Waals surface area contributed by atoms with Gasteiger partial charge in [0.05, 0.1) is 14.2 Å². The van der Waals surface area contributed by atoms with E-state index in [1.54, 1.807) is 23.1 Å². The molecular weight excluding hydrogens is 372 g/mol. The molecule has 0 atom stereocenters. The van der Waals surface area contributed by atoms with Crippen LogP contribution in [0.15, 0.2) is 48.5 Å². The molecule has 2 aromatic rings. The highest BCUT2D eigenvalue weighted by molar-refractivity contribution is 5.95. The number of piperazine rings is 1. The van der Waals surface area contributed by atoms with Crippen LogP contribution in [0, 0.1) is 0 Å². The van der Waals surface area contributed by atoms with Gasteiger partial charge in [0.1, 0.15) is 5.56 Å². The summed E-state index contributed by atoms with van der Waals surface area (Å²) in [5.74, 6) is -0.0822. The van der Waals surface area contributed by atoms with Crippen molar-refractivity contribution in [1.82, 2.24) is 9.80 Å². The van der Waals surface area contributed by atoms with Crippen LogP contribution in [0.2, 0.25) is 0 Å². The fourth-order valence-electron chi connectivity index (χ4n) is 3.34. The van der Waals surface area contributed by atoms with E-state index in [2.05, 4.69) is 17.0 Å². The van der Waals surface area contributed by atoms with E-state index in [0.29, 0.717) is 24.6 Å². The average Bonchev–Trinajstić information content (AvgIpc) is 2.77. The molecule has 154 valence electrons. The van der Waals surface area contributed by atoms with E-state index in [0.717, 1.165) is 19.6 Å². The van der Waals surface area contributed by atoms with Crippen molar-refractivity contribution in [2.24, 2.45) is 0 Å². The van der Waals surface area contributed by atoms with Gasteiger partial charge >= 0.3 is 5.97 Å². The third kappa shape index (κ3) is 5.26. The number of methoxy groups -OCH3 is 2. The Balaban J connectivity index is 1.48. The van der Waals surface area contributed by atoms with Gasteiger partial charge in [0, 0.05) is 32.7 Å². The van der Waals surface area contributed by atoms with E-state index < -0.39 is 5.97 Å². The number of nitrogens with zero attached hydrogens (tertiary/aromatic N) is 2. The van der Waals surface area contributed by atoms with Gasteiger partial charge < -0.3 is 19.1 Å². The zero-order chi connectivity index (χ0) is 20.6. The summed E-state index contributed by atoms with van der Waals surface area (Å²) >= 11 is 0. The first kappa shape index (κ1) is 20.7. The molecule has 0 saturated carbocycles. The second-order valence-corrected chi connectivity index (χ2v) is 6.76. The van der Waals surface area contributed by atoms with E-state index in [-0.39, 0.29) is 18.1 Å². The predicted molar refractivity (Wildman–Crippen MR) is 108 cm³/mol. The molecule has 7 heteroatoms. The van der Waals surface area contributed by atoms with Gasteiger partial charge in [-0.1, -0.05) is 36.4 Å². The number of carbonyl (C=O) groups is 2. The molecule has 7 nitrogen and oxygen atoms in total. The number of amides is 1. The highest BCUT2D eigenvalue weighted by atomic mass is 16.5. The Kier molecular flexibility index (Phi) is 7.08. The molecule has 1 heterocycles. The predicted octanol–water partition coefficient (Wildman–Crippen LogP) is 2.21. The third-order valence-corrected chi connectivity index (χ3v) is 4.92. The van der Waals surface area contributed by atoms with Gasteiger partial charge in [-0.3, -0.25) is 9.69 Å². The maximum Gasteiger partial charge on any atom is 0.342 e. The van der Waals surface area contributed by atoms with Crippen molar-refractivity contribution in [3.63, 3.8) is 0 Å². The molecule has 1 aliphatic rings. The quantitative estimate of drug-likeness (QED) is 0.666. The Bertz CT molecular complexity index is 832. The van der Waals surface area contributed by atoms with E-state index in [1.165, 1.54) is 19.8 Å². The third-order valence-electron chi connectivity index (χ3n) is 4.92. The minimum Gasteiger partial charge on any atom is -0.493 e. The van der Waals surface area contributed by atoms with Crippen molar-refractivity contribution >= 4 is 11.9 Å². The van der Waals surface area contributed by atoms with Gasteiger partial charge in [-0.05, 0) is 17.7 Å². The molecule has 0 aromatic heterocycles. The molecule has 3 rings (SSSR count). The monoisotopic (exact) mass is 398 g/mol. The lowest BCUT2D eigenvalue weighted by molar-refractivity contribution is -0.136. The summed E-state index contributed by atoms with van der Waals surface area (Å²) in [4.78, 5) is 28.9. The molecule has 0 radical (unpaired) electrons. The first-order chi connectivity index (χ1) is 14.1. The maximum atomic E-state index is 12.5. The van der Waals surface area contributed by atoms with Crippen LogP contribution in [0.5, 0.6) is 11.5 Å². The topological polar surface area (TPSA) is 68.3 Å². The minimum absolute atomic E-state index is 0.195. The van der Waals surface area contributed by atoms with Crippen LogP contribution in [0.3, 0.4) is 0 Å². The van der Waals surface area contributed by atoms with Crippen LogP contribution in [-0.4, -0.2) is 68.7 Å². The number of carbonyl (C=O) groups excluding carboxylic acids is 2. The lowest BCUT2D eigenvalue weighted by Crippen LogP contribution is -2.49. The molecule has 0 spiro atoms. The van der Waals surface area contributed by atoms with Crippen LogP contribution in [0.25, 0.3) is 0 Å². The van der Waals surface area contributed by atoms with Crippen molar-refractivity contribution in [1.29, 1.82) is 0 Å². The SMILES string of the molecule is COc1cccc(C(=O)OCC(=O)N2CCN(Cc3ccccc3)CC2)c1OC. The van der Waals surface area contributed by atoms with Crippen LogP contribution in [0.1, 0.15) is 15.9 Å². The van der Waals surface area contributed by atoms with E-state index in [9.17, 15) is 9.59 Å². The molecule has 29 heavy (non-hydrogen) atoms. The first-order valence-electron chi connectivity index (χ1n) is 9.54. The Morgan fingerprint density at radius 3 is 2.28 bits per heavy atom. The molecule has 1 saturated heterocycles. The van der Waals surface area contributed by atoms with Crippen LogP contribution in [0.4, 0.5) is 0 Å². The van der Waals surface area contributed by atoms with E-state index in [4.69, 9.17) is 14.2 Å². The lowest BCUT2D eigenvalue weighted by Gasteiger charge is -2.34. The summed E-state index contributed by atoms with van der Waals surface area (Å²) in [6.45, 7) is 3.39. The fraction of sp³-hybridized carbons (Fsp3) is 0.364. The molecule has 0 bridgehead atoms. The van der Waals surface area contributed by atoms with Gasteiger partial charge in [-0.2, -0.15) is 0 Å². The number of hydrogen-bond acceptors (Lipinski definition) is 6. The second kappa shape index (κ2) is 9.93. The molecule has 0 unspecified atom stereocenters. The van der Waals surface area contributed by atoms with Gasteiger partial charge in [0.2, 0.25) is 0 Å². The van der Waals surface area contributed by atoms with Crippen molar-refractivity contribution < 1.29 is 23.8 Å². The Morgan fingerprint density at radius 1 is 0.897 bits per heavy atom. The Morgan fingerprint density at radius 2 is 1.62 bits per heavy atom. The smallest absolute Gasteiger partial charge is 0.342 e. The summed E-state index contributed by atoms with van der Waals surface area (Å²) in [7, 11) is 2.95. The molecule has 0 aliphatic carbocycles. The normalized spacial score (nSPS) is 14.3. The summed E-state index contributed by atoms with van der Waals surface area (Å²) in [6.07, 6.45) is 0. The summed E-state index contributed by atoms with van der Waals surface area (Å²) in [5.41, 5.74) is 1.49. The number of esters is 1. The molecule has 1 amide bonds. The van der Waals surface area contributed by atoms with Crippen molar-refractivity contribution in [3.8, 4) is 11.5 Å². The summed E-state index contributed by atoms with van der Waals surface area (Å²) < 4.78 is 15.7. The summed E-state index contributed by atoms with van der Waals surface area (Å²) in [6, 6.07) is 15.2. The number of hydrogen-bond donors (Lipinski definition) is 0. The van der Waals surface area contributed by atoms with Crippen molar-refractivity contribution in [2.75, 3.05) is 47.0 Å². The Hall–Kier alpha value is -3.06. The van der Waals surface area contributed by atoms with Crippen LogP contribution < -0.4 is 9.47 Å². The van der Waals surface area contributed by atoms with Crippen molar-refractivity contribution in [2.45, 2.75) is 6.54 Å². The summed E-state index contributed by atoms with van der Waals surface area (Å²) in [5, 5.41) is 0. The molecule has 2 aromatic carbocycles. The Labute approximate surface area is 170 Å². The highest BCUT2D eigenvalue weighted by Crippen LogP contribution is 2.31. The fourth-order valence-corrected chi connectivity index (χ4v) is 3.34. The first-order valence-corrected chi connectivity index (χ1v) is 9.54. The van der Waals surface area contributed by atoms with Crippen LogP contribution >= 0.6 is 0 Å². The largest absolute Gasteiger partial charge is 0.493 e. The van der Waals surface area contributed by atoms with Gasteiger partial charge in [0.15, 0.2) is 18.1 Å². The average molecular weight is 398 g/mol. The molecule has 0 N–H and O–H groups in total. The zero-order valence-corrected chi connectivity index (χ0v) is 16.8. The van der Waals surface area contributed by atoms with Gasteiger partial charge in [-0.25, -0.2) is 4.79 Å². The molecule has 1 fully saturated rings. The molecule has 1 aliphatic heterocycles. The minimum atomic E-state index is -0.614. The standard InChI is InChI=1S/C22H26N2O5/c1-27-19-10-6-9-18(21(19)28-2)22(26)29-16-20(25)24-13-11-23(12-14-24)15-17-7-4-3-5-8-17/h3-10H,11-16H2,1-2H3. The zero-order valence-electron chi connectivity index (χ0n) is 16.8. The van der Waals surface area contributed by atoms with E-state index >= 15 is 0 Å². The maximum absolute atomic E-state index is 12.5. The second-order valence-electron chi connectivity index (χ2n) is 6.76. The number of benzene rings is 2. The number of ether oxygens (including phenoxy) is 3. The number of rotatable bonds is 7. The van der Waals surface area contributed by atoms with Crippen LogP contribution in [-0.2, 0) is 16.1 Å². The number of para-hydroxylation sites is 1. The van der Waals surface area contributed by atoms with Gasteiger partial charge in [0.25, 0.3) is 5.91 Å². The van der Waals surface area contributed by atoms with Crippen molar-refractivity contribution in [3.05, 3.63) is 59.7 Å². The lowest BCUT2D eigenvalue weighted by atomic mass is 10.2. The highest BCUT2D eigenvalue weighted by Gasteiger charge is 2.23. The molecular formula is C22H26N2O5. The van der Waals surface area contributed by atoms with Gasteiger partial charge in [-0.15, -0.1) is 0 Å².